The highest BCUT2D eigenvalue weighted by Crippen LogP contribution is 2.36. The van der Waals surface area contributed by atoms with E-state index in [1.54, 1.807) is 26.4 Å². The third-order valence-corrected chi connectivity index (χ3v) is 5.61. The molecule has 0 bridgehead atoms. The van der Waals surface area contributed by atoms with Gasteiger partial charge in [-0.25, -0.2) is 0 Å². The Morgan fingerprint density at radius 3 is 2.70 bits per heavy atom. The molecule has 0 saturated heterocycles. The van der Waals surface area contributed by atoms with E-state index in [0.717, 1.165) is 47.8 Å². The Kier molecular flexibility index (Phi) is 5.72. The second kappa shape index (κ2) is 8.59. The van der Waals surface area contributed by atoms with Crippen molar-refractivity contribution < 1.29 is 14.4 Å². The van der Waals surface area contributed by atoms with Crippen molar-refractivity contribution in [3.8, 4) is 11.5 Å². The average molecular weight is 407 g/mol. The zero-order chi connectivity index (χ0) is 21.1. The van der Waals surface area contributed by atoms with Gasteiger partial charge in [-0.15, -0.1) is 0 Å². The Bertz CT molecular complexity index is 1050. The van der Waals surface area contributed by atoms with Crippen LogP contribution in [-0.4, -0.2) is 35.2 Å². The van der Waals surface area contributed by atoms with E-state index in [-0.39, 0.29) is 16.7 Å². The van der Waals surface area contributed by atoms with Crippen LogP contribution in [0.5, 0.6) is 11.5 Å². The Morgan fingerprint density at radius 1 is 1.07 bits per heavy atom. The van der Waals surface area contributed by atoms with E-state index in [4.69, 9.17) is 9.47 Å². The number of ether oxygens (including phenoxy) is 2. The first kappa shape index (κ1) is 20.0. The number of hydrogen-bond acceptors (Lipinski definition) is 5. The van der Waals surface area contributed by atoms with Gasteiger partial charge >= 0.3 is 0 Å². The Morgan fingerprint density at radius 2 is 1.93 bits per heavy atom. The highest BCUT2D eigenvalue weighted by molar-refractivity contribution is 5.42. The summed E-state index contributed by atoms with van der Waals surface area (Å²) in [5.74, 6) is 1.57. The molecule has 2 heterocycles. The molecule has 0 saturated carbocycles. The van der Waals surface area contributed by atoms with Crippen LogP contribution in [0, 0.1) is 10.1 Å². The summed E-state index contributed by atoms with van der Waals surface area (Å²) in [5.41, 5.74) is 3.17. The minimum Gasteiger partial charge on any atom is -0.497 e. The highest BCUT2D eigenvalue weighted by Gasteiger charge is 2.29. The Hall–Kier alpha value is -3.32. The zero-order valence-electron chi connectivity index (χ0n) is 17.2. The molecule has 7 nitrogen and oxygen atoms in total. The predicted molar refractivity (Wildman–Crippen MR) is 114 cm³/mol. The van der Waals surface area contributed by atoms with Crippen molar-refractivity contribution in [2.45, 2.75) is 25.6 Å². The van der Waals surface area contributed by atoms with Crippen LogP contribution in [0.15, 0.2) is 60.8 Å². The Labute approximate surface area is 175 Å². The quantitative estimate of drug-likeness (QED) is 0.447. The molecule has 7 heteroatoms. The summed E-state index contributed by atoms with van der Waals surface area (Å²) in [4.78, 5) is 13.4. The fourth-order valence-corrected chi connectivity index (χ4v) is 4.22. The molecule has 1 aliphatic rings. The number of hydrogen-bond donors (Lipinski definition) is 0. The van der Waals surface area contributed by atoms with Gasteiger partial charge in [0.2, 0.25) is 0 Å². The second-order valence-electron chi connectivity index (χ2n) is 7.38. The molecule has 1 aromatic heterocycles. The largest absolute Gasteiger partial charge is 0.497 e. The molecule has 2 aromatic carbocycles. The molecule has 0 aliphatic carbocycles. The van der Waals surface area contributed by atoms with E-state index >= 15 is 0 Å². The van der Waals surface area contributed by atoms with Crippen LogP contribution in [0.4, 0.5) is 5.69 Å². The average Bonchev–Trinajstić information content (AvgIpc) is 3.15. The molecular formula is C23H25N3O4. The van der Waals surface area contributed by atoms with Crippen molar-refractivity contribution in [3.05, 3.63) is 87.7 Å². The summed E-state index contributed by atoms with van der Waals surface area (Å²) < 4.78 is 13.2. The number of non-ortho nitro benzene ring substituents is 1. The number of aryl methyl sites for hydroxylation is 1. The monoisotopic (exact) mass is 407 g/mol. The molecular weight excluding hydrogens is 382 g/mol. The lowest BCUT2D eigenvalue weighted by Gasteiger charge is -2.31. The lowest BCUT2D eigenvalue weighted by atomic mass is 10.00. The van der Waals surface area contributed by atoms with E-state index in [9.17, 15) is 10.1 Å². The molecule has 1 unspecified atom stereocenters. The van der Waals surface area contributed by atoms with Gasteiger partial charge in [-0.3, -0.25) is 15.0 Å². The van der Waals surface area contributed by atoms with E-state index in [0.29, 0.717) is 6.54 Å². The van der Waals surface area contributed by atoms with E-state index < -0.39 is 0 Å². The summed E-state index contributed by atoms with van der Waals surface area (Å²) in [6.07, 6.45) is 3.06. The lowest BCUT2D eigenvalue weighted by molar-refractivity contribution is -0.384. The normalized spacial score (nSPS) is 16.5. The minimum atomic E-state index is -0.339. The molecule has 0 spiro atoms. The second-order valence-corrected chi connectivity index (χ2v) is 7.38. The predicted octanol–water partition coefficient (Wildman–Crippen LogP) is 4.41. The van der Waals surface area contributed by atoms with Crippen molar-refractivity contribution in [2.75, 3.05) is 20.8 Å². The molecule has 3 aromatic rings. The highest BCUT2D eigenvalue weighted by atomic mass is 16.6. The summed E-state index contributed by atoms with van der Waals surface area (Å²) in [5, 5.41) is 11.4. The summed E-state index contributed by atoms with van der Waals surface area (Å²) in [6, 6.07) is 16.8. The minimum absolute atomic E-state index is 0.0988. The van der Waals surface area contributed by atoms with Gasteiger partial charge in [0, 0.05) is 49.2 Å². The number of benzene rings is 2. The fraction of sp³-hybridized carbons (Fsp3) is 0.304. The summed E-state index contributed by atoms with van der Waals surface area (Å²) in [6.45, 7) is 2.41. The number of nitro groups is 1. The number of rotatable bonds is 6. The van der Waals surface area contributed by atoms with Gasteiger partial charge in [0.1, 0.15) is 11.5 Å². The fourth-order valence-electron chi connectivity index (χ4n) is 4.22. The number of methoxy groups -OCH3 is 2. The van der Waals surface area contributed by atoms with Gasteiger partial charge < -0.3 is 14.0 Å². The van der Waals surface area contributed by atoms with Crippen molar-refractivity contribution in [1.82, 2.24) is 9.47 Å². The maximum atomic E-state index is 11.4. The molecule has 30 heavy (non-hydrogen) atoms. The van der Waals surface area contributed by atoms with Crippen LogP contribution in [-0.2, 0) is 13.1 Å². The molecule has 4 rings (SSSR count). The number of aromatic nitrogens is 1. The number of nitro benzene ring substituents is 1. The maximum Gasteiger partial charge on any atom is 0.269 e. The van der Waals surface area contributed by atoms with Crippen molar-refractivity contribution in [3.63, 3.8) is 0 Å². The zero-order valence-corrected chi connectivity index (χ0v) is 17.2. The SMILES string of the molecule is COc1ccc(OC)c(CN2CCCn3cccc3C2c2cccc([N+](=O)[O-])c2)c1. The summed E-state index contributed by atoms with van der Waals surface area (Å²) in [7, 11) is 3.31. The number of nitrogens with zero attached hydrogens (tertiary/aromatic N) is 3. The van der Waals surface area contributed by atoms with Gasteiger partial charge in [0.15, 0.2) is 0 Å². The smallest absolute Gasteiger partial charge is 0.269 e. The molecule has 0 radical (unpaired) electrons. The number of fused-ring (bicyclic) bond motifs is 1. The first-order valence-corrected chi connectivity index (χ1v) is 9.95. The van der Waals surface area contributed by atoms with Crippen LogP contribution < -0.4 is 9.47 Å². The molecule has 0 amide bonds. The van der Waals surface area contributed by atoms with Gasteiger partial charge in [-0.2, -0.15) is 0 Å². The topological polar surface area (TPSA) is 69.8 Å². The first-order chi connectivity index (χ1) is 14.6. The Balaban J connectivity index is 1.78. The molecule has 1 atom stereocenters. The van der Waals surface area contributed by atoms with Crippen molar-refractivity contribution >= 4 is 5.69 Å². The van der Waals surface area contributed by atoms with Gasteiger partial charge in [0.05, 0.1) is 25.2 Å². The first-order valence-electron chi connectivity index (χ1n) is 9.95. The van der Waals surface area contributed by atoms with Crippen molar-refractivity contribution in [1.29, 1.82) is 0 Å². The standard InChI is InChI=1S/C23H25N3O4/c1-29-20-9-10-22(30-2)18(15-20)16-25-13-5-12-24-11-4-8-21(24)23(25)17-6-3-7-19(14-17)26(27)28/h3-4,6-11,14-15,23H,5,12-13,16H2,1-2H3. The van der Waals surface area contributed by atoms with E-state index in [2.05, 4.69) is 21.7 Å². The van der Waals surface area contributed by atoms with E-state index in [1.165, 1.54) is 6.07 Å². The molecule has 0 N–H and O–H groups in total. The van der Waals surface area contributed by atoms with Crippen LogP contribution in [0.2, 0.25) is 0 Å². The maximum absolute atomic E-state index is 11.4. The molecule has 1 aliphatic heterocycles. The molecule has 0 fully saturated rings. The molecule has 156 valence electrons. The van der Waals surface area contributed by atoms with Gasteiger partial charge in [0.25, 0.3) is 5.69 Å². The third-order valence-electron chi connectivity index (χ3n) is 5.61. The van der Waals surface area contributed by atoms with Crippen molar-refractivity contribution in [2.24, 2.45) is 0 Å². The van der Waals surface area contributed by atoms with Crippen LogP contribution in [0.1, 0.15) is 29.3 Å². The lowest BCUT2D eigenvalue weighted by Crippen LogP contribution is -2.29. The van der Waals surface area contributed by atoms with Gasteiger partial charge in [-0.1, -0.05) is 12.1 Å². The van der Waals surface area contributed by atoms with Gasteiger partial charge in [-0.05, 0) is 42.3 Å². The van der Waals surface area contributed by atoms with Crippen LogP contribution in [0.25, 0.3) is 0 Å². The summed E-state index contributed by atoms with van der Waals surface area (Å²) >= 11 is 0. The van der Waals surface area contributed by atoms with Crippen LogP contribution >= 0.6 is 0 Å². The third kappa shape index (κ3) is 3.89. The van der Waals surface area contributed by atoms with Crippen LogP contribution in [0.3, 0.4) is 0 Å². The van der Waals surface area contributed by atoms with E-state index in [1.807, 2.05) is 30.3 Å².